The highest BCUT2D eigenvalue weighted by atomic mass is 32.1. The number of thiophene rings is 1. The van der Waals surface area contributed by atoms with Gasteiger partial charge in [0.05, 0.1) is 10.2 Å². The first-order valence-electron chi connectivity index (χ1n) is 7.14. The quantitative estimate of drug-likeness (QED) is 0.737. The normalized spacial score (nSPS) is 13.2. The molecule has 0 saturated heterocycles. The Morgan fingerprint density at radius 3 is 2.80 bits per heavy atom. The molecule has 0 fully saturated rings. The minimum Gasteiger partial charge on any atom is -0.486 e. The van der Waals surface area contributed by atoms with Crippen LogP contribution in [-0.2, 0) is 0 Å². The van der Waals surface area contributed by atoms with Crippen molar-refractivity contribution in [3.8, 4) is 17.2 Å². The highest BCUT2D eigenvalue weighted by molar-refractivity contribution is 7.22. The van der Waals surface area contributed by atoms with Gasteiger partial charge in [0.15, 0.2) is 16.6 Å². The largest absolute Gasteiger partial charge is 0.486 e. The van der Waals surface area contributed by atoms with E-state index in [1.54, 1.807) is 12.1 Å². The van der Waals surface area contributed by atoms with Crippen molar-refractivity contribution in [3.63, 3.8) is 0 Å². The van der Waals surface area contributed by atoms with Crippen LogP contribution in [0, 0.1) is 0 Å². The third kappa shape index (κ3) is 3.22. The lowest BCUT2D eigenvalue weighted by Gasteiger charge is -2.17. The highest BCUT2D eigenvalue weighted by Gasteiger charge is 2.20. The monoisotopic (exact) mass is 384 g/mol. The number of anilines is 1. The molecule has 1 aliphatic rings. The average molecular weight is 384 g/mol. The first-order chi connectivity index (χ1) is 12.1. The van der Waals surface area contributed by atoms with Gasteiger partial charge < -0.3 is 14.2 Å². The summed E-state index contributed by atoms with van der Waals surface area (Å²) in [7, 11) is 0. The van der Waals surface area contributed by atoms with Gasteiger partial charge in [-0.15, -0.1) is 11.3 Å². The summed E-state index contributed by atoms with van der Waals surface area (Å²) in [5, 5.41) is 4.46. The molecule has 3 aromatic rings. The molecule has 1 amide bonds. The van der Waals surface area contributed by atoms with Gasteiger partial charge in [0.25, 0.3) is 5.91 Å². The molecular formula is C15H10F2N2O4S2. The van der Waals surface area contributed by atoms with Crippen LogP contribution in [0.25, 0.3) is 10.2 Å². The molecule has 1 N–H and O–H groups in total. The van der Waals surface area contributed by atoms with Crippen LogP contribution >= 0.6 is 22.7 Å². The van der Waals surface area contributed by atoms with E-state index >= 15 is 0 Å². The maximum Gasteiger partial charge on any atom is 0.387 e. The Labute approximate surface area is 148 Å². The standard InChI is InChI=1S/C15H10F2N2O4S2/c16-14(17)23-8-1-4-24-12(8)13(20)19-15-18-7-5-9-10(6-11(7)25-15)22-3-2-21-9/h1,4-6,14H,2-3H2,(H,18,19,20). The van der Waals surface area contributed by atoms with E-state index in [1.165, 1.54) is 22.8 Å². The fourth-order valence-electron chi connectivity index (χ4n) is 2.32. The second-order valence-corrected chi connectivity index (χ2v) is 6.88. The van der Waals surface area contributed by atoms with Gasteiger partial charge in [-0.2, -0.15) is 8.78 Å². The van der Waals surface area contributed by atoms with E-state index in [1.807, 2.05) is 0 Å². The number of fused-ring (bicyclic) bond motifs is 2. The van der Waals surface area contributed by atoms with Gasteiger partial charge in [0.1, 0.15) is 23.8 Å². The Balaban J connectivity index is 1.58. The topological polar surface area (TPSA) is 69.7 Å². The van der Waals surface area contributed by atoms with Crippen molar-refractivity contribution < 1.29 is 27.8 Å². The first kappa shape index (κ1) is 16.0. The summed E-state index contributed by atoms with van der Waals surface area (Å²) in [6, 6.07) is 4.87. The summed E-state index contributed by atoms with van der Waals surface area (Å²) in [6.45, 7) is -2.04. The van der Waals surface area contributed by atoms with Gasteiger partial charge in [-0.3, -0.25) is 10.1 Å². The summed E-state index contributed by atoms with van der Waals surface area (Å²) in [6.07, 6.45) is 0. The number of thiazole rings is 1. The maximum atomic E-state index is 12.4. The van der Waals surface area contributed by atoms with Crippen LogP contribution in [0.4, 0.5) is 13.9 Å². The van der Waals surface area contributed by atoms with E-state index in [2.05, 4.69) is 15.0 Å². The third-order valence-corrected chi connectivity index (χ3v) is 5.15. The van der Waals surface area contributed by atoms with Crippen LogP contribution in [0.15, 0.2) is 23.6 Å². The predicted molar refractivity (Wildman–Crippen MR) is 89.5 cm³/mol. The molecule has 0 spiro atoms. The van der Waals surface area contributed by atoms with Crippen LogP contribution in [0.5, 0.6) is 17.2 Å². The number of amides is 1. The minimum atomic E-state index is -2.99. The van der Waals surface area contributed by atoms with Gasteiger partial charge >= 0.3 is 6.61 Å². The Morgan fingerprint density at radius 1 is 1.28 bits per heavy atom. The second kappa shape index (κ2) is 6.45. The van der Waals surface area contributed by atoms with Crippen molar-refractivity contribution in [2.24, 2.45) is 0 Å². The molecule has 6 nitrogen and oxygen atoms in total. The number of nitrogens with one attached hydrogen (secondary N) is 1. The molecule has 0 aliphatic carbocycles. The number of carbonyl (C=O) groups is 1. The van der Waals surface area contributed by atoms with Crippen LogP contribution in [0.3, 0.4) is 0 Å². The zero-order chi connectivity index (χ0) is 17.4. The Kier molecular flexibility index (Phi) is 4.14. The average Bonchev–Trinajstić information content (AvgIpc) is 3.17. The predicted octanol–water partition coefficient (Wildman–Crippen LogP) is 3.98. The number of benzene rings is 1. The van der Waals surface area contributed by atoms with E-state index in [-0.39, 0.29) is 10.6 Å². The molecule has 130 valence electrons. The molecule has 0 radical (unpaired) electrons. The van der Waals surface area contributed by atoms with E-state index in [0.717, 1.165) is 16.0 Å². The van der Waals surface area contributed by atoms with E-state index < -0.39 is 12.5 Å². The molecule has 0 bridgehead atoms. The molecule has 3 heterocycles. The van der Waals surface area contributed by atoms with Crippen LogP contribution in [-0.4, -0.2) is 30.7 Å². The van der Waals surface area contributed by atoms with Gasteiger partial charge in [0.2, 0.25) is 0 Å². The molecule has 2 aromatic heterocycles. The Hall–Kier alpha value is -2.46. The number of rotatable bonds is 4. The lowest BCUT2D eigenvalue weighted by molar-refractivity contribution is -0.0498. The molecule has 0 atom stereocenters. The van der Waals surface area contributed by atoms with E-state index in [0.29, 0.717) is 35.4 Å². The van der Waals surface area contributed by atoms with E-state index in [9.17, 15) is 13.6 Å². The van der Waals surface area contributed by atoms with Crippen molar-refractivity contribution in [1.29, 1.82) is 0 Å². The molecule has 1 aromatic carbocycles. The summed E-state index contributed by atoms with van der Waals surface area (Å²) in [5.74, 6) is 0.525. The second-order valence-electron chi connectivity index (χ2n) is 4.93. The van der Waals surface area contributed by atoms with Gasteiger partial charge in [-0.25, -0.2) is 4.98 Å². The summed E-state index contributed by atoms with van der Waals surface area (Å²) in [5.41, 5.74) is 0.653. The fourth-order valence-corrected chi connectivity index (χ4v) is 3.91. The number of alkyl halides is 2. The van der Waals surface area contributed by atoms with Gasteiger partial charge in [0, 0.05) is 12.1 Å². The zero-order valence-electron chi connectivity index (χ0n) is 12.5. The Bertz CT molecular complexity index is 898. The van der Waals surface area contributed by atoms with Crippen molar-refractivity contribution in [1.82, 2.24) is 4.98 Å². The number of nitrogens with zero attached hydrogens (tertiary/aromatic N) is 1. The third-order valence-electron chi connectivity index (χ3n) is 3.32. The SMILES string of the molecule is O=C(Nc1nc2cc3c(cc2s1)OCCO3)c1sccc1OC(F)F. The lowest BCUT2D eigenvalue weighted by atomic mass is 10.3. The minimum absolute atomic E-state index is 0.0607. The number of carbonyl (C=O) groups excluding carboxylic acids is 1. The number of aromatic nitrogens is 1. The van der Waals surface area contributed by atoms with E-state index in [4.69, 9.17) is 9.47 Å². The number of hydrogen-bond donors (Lipinski definition) is 1. The molecule has 0 unspecified atom stereocenters. The smallest absolute Gasteiger partial charge is 0.387 e. The molecule has 4 rings (SSSR count). The van der Waals surface area contributed by atoms with Gasteiger partial charge in [-0.1, -0.05) is 11.3 Å². The molecule has 0 saturated carbocycles. The number of ether oxygens (including phenoxy) is 3. The molecule has 25 heavy (non-hydrogen) atoms. The highest BCUT2D eigenvalue weighted by Crippen LogP contribution is 2.38. The van der Waals surface area contributed by atoms with Crippen LogP contribution in [0.1, 0.15) is 9.67 Å². The summed E-state index contributed by atoms with van der Waals surface area (Å²) < 4.78 is 40.9. The Morgan fingerprint density at radius 2 is 2.04 bits per heavy atom. The molecule has 10 heteroatoms. The van der Waals surface area contributed by atoms with Gasteiger partial charge in [-0.05, 0) is 11.4 Å². The molecular weight excluding hydrogens is 374 g/mol. The lowest BCUT2D eigenvalue weighted by Crippen LogP contribution is -2.15. The maximum absolute atomic E-state index is 12.4. The van der Waals surface area contributed by atoms with Crippen LogP contribution < -0.4 is 19.5 Å². The number of halogens is 2. The first-order valence-corrected chi connectivity index (χ1v) is 8.83. The van der Waals surface area contributed by atoms with Crippen molar-refractivity contribution in [2.75, 3.05) is 18.5 Å². The molecule has 1 aliphatic heterocycles. The van der Waals surface area contributed by atoms with Crippen LogP contribution in [0.2, 0.25) is 0 Å². The summed E-state index contributed by atoms with van der Waals surface area (Å²) >= 11 is 2.27. The summed E-state index contributed by atoms with van der Waals surface area (Å²) in [4.78, 5) is 16.7. The van der Waals surface area contributed by atoms with Crippen molar-refractivity contribution >= 4 is 43.9 Å². The van der Waals surface area contributed by atoms with Crippen molar-refractivity contribution in [3.05, 3.63) is 28.5 Å². The zero-order valence-corrected chi connectivity index (χ0v) is 14.1. The van der Waals surface area contributed by atoms with Crippen molar-refractivity contribution in [2.45, 2.75) is 6.61 Å². The number of hydrogen-bond acceptors (Lipinski definition) is 7. The fraction of sp³-hybridized carbons (Fsp3) is 0.200.